The molecule has 1 aliphatic heterocycles. The number of fused-ring (bicyclic) bond motifs is 5. The summed E-state index contributed by atoms with van der Waals surface area (Å²) in [7, 11) is 0. The predicted molar refractivity (Wildman–Crippen MR) is 300 cm³/mol. The van der Waals surface area contributed by atoms with Crippen LogP contribution in [0.3, 0.4) is 0 Å². The van der Waals surface area contributed by atoms with Crippen molar-refractivity contribution in [2.75, 3.05) is 0 Å². The van der Waals surface area contributed by atoms with Crippen LogP contribution >= 0.6 is 0 Å². The minimum absolute atomic E-state index is 0. The molecule has 366 valence electrons. The van der Waals surface area contributed by atoms with Crippen molar-refractivity contribution >= 4 is 82.4 Å². The molecule has 14 rings (SSSR count). The van der Waals surface area contributed by atoms with E-state index >= 15 is 0 Å². The molecule has 10 bridgehead atoms. The third kappa shape index (κ3) is 8.56. The van der Waals surface area contributed by atoms with E-state index in [1.165, 1.54) is 11.1 Å². The topological polar surface area (TPSA) is 53.4 Å². The average molecular weight is 1140 g/mol. The fraction of sp³-hybridized carbons (Fsp3) is 0.182. The van der Waals surface area contributed by atoms with Gasteiger partial charge in [-0.25, -0.2) is 4.98 Å². The molecule has 8 aromatic carbocycles. The fourth-order valence-corrected chi connectivity index (χ4v) is 10.1. The van der Waals surface area contributed by atoms with Crippen molar-refractivity contribution < 1.29 is 35.4 Å². The Morgan fingerprint density at radius 3 is 2.00 bits per heavy atom. The Kier molecular flexibility index (Phi) is 10.6. The van der Waals surface area contributed by atoms with Gasteiger partial charge in [0.1, 0.15) is 16.8 Å². The van der Waals surface area contributed by atoms with E-state index in [1.54, 1.807) is 10.5 Å². The van der Waals surface area contributed by atoms with Crippen LogP contribution in [0.4, 0.5) is 0 Å². The summed E-state index contributed by atoms with van der Waals surface area (Å²) >= 11 is 0. The van der Waals surface area contributed by atoms with Gasteiger partial charge in [-0.2, -0.15) is 24.3 Å². The zero-order chi connectivity index (χ0) is 53.2. The second-order valence-corrected chi connectivity index (χ2v) is 21.9. The molecule has 0 saturated heterocycles. The zero-order valence-corrected chi connectivity index (χ0v) is 44.7. The fourth-order valence-electron chi connectivity index (χ4n) is 10.1. The van der Waals surface area contributed by atoms with Crippen LogP contribution in [0, 0.1) is 12.1 Å². The third-order valence-corrected chi connectivity index (χ3v) is 13.9. The second-order valence-electron chi connectivity index (χ2n) is 21.9. The smallest absolute Gasteiger partial charge is 0.135 e. The van der Waals surface area contributed by atoms with Crippen LogP contribution in [0.1, 0.15) is 84.5 Å². The predicted octanol–water partition coefficient (Wildman–Crippen LogP) is 17.9. The van der Waals surface area contributed by atoms with E-state index in [4.69, 9.17) is 17.9 Å². The Bertz CT molecular complexity index is 4510. The number of hydrogen-bond acceptors (Lipinski definition) is 3. The van der Waals surface area contributed by atoms with Gasteiger partial charge >= 0.3 is 0 Å². The summed E-state index contributed by atoms with van der Waals surface area (Å²) < 4.78 is 55.8. The first kappa shape index (κ1) is 43.1. The minimum Gasteiger partial charge on any atom is -0.510 e. The number of hydrogen-bond donors (Lipinski definition) is 0. The number of para-hydroxylation sites is 4. The van der Waals surface area contributed by atoms with Crippen LogP contribution in [0.25, 0.3) is 105 Å². The number of benzene rings is 8. The molecule has 0 radical (unpaired) electrons. The van der Waals surface area contributed by atoms with Gasteiger partial charge in [0.05, 0.1) is 5.48 Å². The summed E-state index contributed by atoms with van der Waals surface area (Å²) in [5.41, 5.74) is 12.2. The Hall–Kier alpha value is -7.53. The largest absolute Gasteiger partial charge is 0.510 e. The zero-order valence-electron chi connectivity index (χ0n) is 46.4. The van der Waals surface area contributed by atoms with Gasteiger partial charge in [0.15, 0.2) is 0 Å². The Balaban J connectivity index is 0.00000631. The molecule has 5 aromatic heterocycles. The molecule has 0 atom stereocenters. The standard InChI is InChI=1S/C66H57N4O2.Pt/c1-64(2,3)44-29-25-42(26-30-44)53-35-45(65(4,5)6)36-54-43-27-31-47(32-28-43)72-61-24-15-11-20-52(61)55-40-67-62(39-56(55)66(7,8)9)70-57-21-12-10-19-50(57)51-34-33-49(38-60(51)70)71-48-18-16-17-46(37-48)68-41-69(63(53)54)59-23-14-13-22-58(59)68;/h10-36,39-41H,1-9H3;/q-3;/i10D,12D,19D,21D;. The number of nitrogens with zero attached hydrogens (tertiary/aromatic N) is 4. The number of imidazole rings is 1. The Labute approximate surface area is 446 Å². The summed E-state index contributed by atoms with van der Waals surface area (Å²) in [6.07, 6.45) is 3.99. The van der Waals surface area contributed by atoms with E-state index in [9.17, 15) is 1.37 Å². The molecule has 0 unspecified atom stereocenters. The summed E-state index contributed by atoms with van der Waals surface area (Å²) in [5.74, 6) is 0. The molecule has 1 aliphatic rings. The molecule has 0 amide bonds. The van der Waals surface area contributed by atoms with Gasteiger partial charge in [0.25, 0.3) is 0 Å². The summed E-state index contributed by atoms with van der Waals surface area (Å²) in [6, 6.07) is 56.2. The van der Waals surface area contributed by atoms with E-state index < -0.39 is 5.41 Å². The van der Waals surface area contributed by atoms with Crippen LogP contribution in [-0.4, -0.2) is 18.5 Å². The van der Waals surface area contributed by atoms with E-state index in [-0.39, 0.29) is 56.1 Å². The van der Waals surface area contributed by atoms with Crippen molar-refractivity contribution in [3.63, 3.8) is 0 Å². The van der Waals surface area contributed by atoms with E-state index in [1.807, 2.05) is 72.9 Å². The summed E-state index contributed by atoms with van der Waals surface area (Å²) in [5, 5.41) is 4.77. The third-order valence-electron chi connectivity index (χ3n) is 13.9. The first-order valence-corrected chi connectivity index (χ1v) is 24.6. The molecule has 0 aliphatic carbocycles. The molecular formula is C66H57N4O2Pt-3. The van der Waals surface area contributed by atoms with Crippen LogP contribution in [0.15, 0.2) is 191 Å². The summed E-state index contributed by atoms with van der Waals surface area (Å²) in [6.45, 7) is 20.0. The van der Waals surface area contributed by atoms with Crippen LogP contribution < -0.4 is 0 Å². The average Bonchev–Trinajstić information content (AvgIpc) is 4.13. The number of aromatic nitrogens is 4. The molecule has 73 heavy (non-hydrogen) atoms. The quantitative estimate of drug-likeness (QED) is 0.154. The molecule has 6 nitrogen and oxygen atoms in total. The molecule has 0 spiro atoms. The second kappa shape index (κ2) is 17.9. The minimum atomic E-state index is -0.418. The number of rotatable bonds is 1. The maximum absolute atomic E-state index is 9.30. The van der Waals surface area contributed by atoms with Crippen LogP contribution in [0.5, 0.6) is 0 Å². The SMILES string of the molecule is [2H]c1c([2H])c([2H])c2c(c1[2H])c1ccc3[c-]c1n2c1cc(C(C)(C)C)c(cn1)c1ccccc1oc1ccc(cc1)c1cc(C(C)(C)C)cc(-c2ccc(C(C)(C)C)cc2)c1n1[cH-]n(c2[c-]c(ccc2)o3)-c2ccccc2-1.[Pt]. The monoisotopic (exact) mass is 1140 g/mol. The van der Waals surface area contributed by atoms with Gasteiger partial charge < -0.3 is 22.4 Å². The van der Waals surface area contributed by atoms with Crippen molar-refractivity contribution in [1.29, 1.82) is 0 Å². The van der Waals surface area contributed by atoms with Crippen molar-refractivity contribution in [1.82, 2.24) is 18.5 Å². The van der Waals surface area contributed by atoms with E-state index in [0.29, 0.717) is 49.8 Å². The van der Waals surface area contributed by atoms with Crippen molar-refractivity contribution in [3.05, 3.63) is 211 Å². The Morgan fingerprint density at radius 2 is 1.26 bits per heavy atom. The molecule has 0 fully saturated rings. The van der Waals surface area contributed by atoms with Crippen molar-refractivity contribution in [2.24, 2.45) is 0 Å². The summed E-state index contributed by atoms with van der Waals surface area (Å²) in [4.78, 5) is 5.12. The van der Waals surface area contributed by atoms with Crippen molar-refractivity contribution in [2.45, 2.75) is 78.6 Å². The van der Waals surface area contributed by atoms with Gasteiger partial charge in [-0.15, -0.1) is 29.1 Å². The van der Waals surface area contributed by atoms with E-state index in [0.717, 1.165) is 60.6 Å². The Morgan fingerprint density at radius 1 is 0.562 bits per heavy atom. The molecule has 13 aromatic rings. The molecule has 7 heteroatoms. The van der Waals surface area contributed by atoms with Gasteiger partial charge in [-0.3, -0.25) is 0 Å². The molecular weight excluding hydrogens is 1080 g/mol. The molecule has 0 saturated carbocycles. The van der Waals surface area contributed by atoms with Gasteiger partial charge in [0, 0.05) is 61.0 Å². The van der Waals surface area contributed by atoms with Gasteiger partial charge in [-0.05, 0) is 107 Å². The molecule has 6 heterocycles. The normalized spacial score (nSPS) is 13.1. The maximum atomic E-state index is 9.30. The van der Waals surface area contributed by atoms with Crippen molar-refractivity contribution in [3.8, 4) is 22.5 Å². The van der Waals surface area contributed by atoms with Crippen LogP contribution in [0.2, 0.25) is 0 Å². The maximum Gasteiger partial charge on any atom is 0.135 e. The van der Waals surface area contributed by atoms with E-state index in [2.05, 4.69) is 163 Å². The van der Waals surface area contributed by atoms with Crippen LogP contribution in [-0.2, 0) is 37.3 Å². The van der Waals surface area contributed by atoms with Gasteiger partial charge in [0.2, 0.25) is 0 Å². The first-order chi connectivity index (χ1) is 36.2. The molecule has 0 N–H and O–H groups in total. The first-order valence-electron chi connectivity index (χ1n) is 26.6. The van der Waals surface area contributed by atoms with Gasteiger partial charge in [-0.1, -0.05) is 177 Å². The number of pyridine rings is 1.